The van der Waals surface area contributed by atoms with E-state index < -0.39 is 20.0 Å². The van der Waals surface area contributed by atoms with E-state index in [0.29, 0.717) is 23.9 Å². The highest BCUT2D eigenvalue weighted by Gasteiger charge is 2.30. The fraction of sp³-hybridized carbons (Fsp3) is 0.606. The zero-order chi connectivity index (χ0) is 59.3. The van der Waals surface area contributed by atoms with E-state index in [9.17, 15) is 19.0 Å². The van der Waals surface area contributed by atoms with E-state index in [0.717, 1.165) is 135 Å². The zero-order valence-electron chi connectivity index (χ0n) is 52.2. The number of carbonyl (C=O) groups excluding carboxylic acids is 2. The van der Waals surface area contributed by atoms with Crippen LogP contribution in [0.15, 0.2) is 158 Å². The zero-order valence-corrected chi connectivity index (χ0v) is 53.1. The van der Waals surface area contributed by atoms with Crippen molar-refractivity contribution < 1.29 is 37.3 Å². The standard InChI is InChI=1S/C71H117N2O7P/c1-7-10-13-16-19-22-25-27-29-31-33-35-36-38-40-42-44-46-49-52-55-58-61-64-71(75)80-69(62-59-56-53-50-47-24-21-18-15-12-9-3)68(67-79-81(76,77)78-66-65-73(4,5)6)72-70(74)63-60-57-54-51-48-45-43-41-39-37-34-32-30-28-26-23-20-17-14-11-8-2/h10-11,13-14,19-20,22-23,27-30,33-35,37-38,40-41,43-44,46,48,51,59,62,68-69H,7-9,12,15-18,21,24-26,31-32,36,39,42,45,47,49-50,52-58,60-61,63-67H2,1-6H3,(H-,72,74,76,77)/p+1/b13-10-,14-11-,22-19-,23-20-,29-27-,30-28-,35-33-,37-34-,40-38-,43-41-,46-44-,51-48-,62-59+. The number of ether oxygens (including phenoxy) is 1. The summed E-state index contributed by atoms with van der Waals surface area (Å²) in [6.45, 7) is 6.70. The number of likely N-dealkylation sites (N-methyl/N-ethyl adjacent to an activating group) is 1. The second-order valence-electron chi connectivity index (χ2n) is 21.8. The van der Waals surface area contributed by atoms with Gasteiger partial charge in [-0.05, 0) is 134 Å². The summed E-state index contributed by atoms with van der Waals surface area (Å²) in [5, 5.41) is 3.02. The number of nitrogens with zero attached hydrogens (tertiary/aromatic N) is 1. The third kappa shape index (κ3) is 60.1. The van der Waals surface area contributed by atoms with E-state index in [4.69, 9.17) is 13.8 Å². The van der Waals surface area contributed by atoms with Gasteiger partial charge in [-0.15, -0.1) is 0 Å². The third-order valence-electron chi connectivity index (χ3n) is 13.0. The molecule has 0 aromatic rings. The predicted octanol–water partition coefficient (Wildman–Crippen LogP) is 20.0. The molecule has 9 nitrogen and oxygen atoms in total. The van der Waals surface area contributed by atoms with Gasteiger partial charge in [0, 0.05) is 12.8 Å². The van der Waals surface area contributed by atoms with Crippen molar-refractivity contribution >= 4 is 19.7 Å². The average molecular weight is 1140 g/mol. The van der Waals surface area contributed by atoms with E-state index in [2.05, 4.69) is 172 Å². The van der Waals surface area contributed by atoms with Crippen molar-refractivity contribution in [3.8, 4) is 0 Å². The largest absolute Gasteiger partial charge is 0.472 e. The minimum Gasteiger partial charge on any atom is -0.456 e. The lowest BCUT2D eigenvalue weighted by Crippen LogP contribution is -2.47. The van der Waals surface area contributed by atoms with Gasteiger partial charge in [0.1, 0.15) is 19.3 Å². The Hall–Kier alpha value is -4.37. The molecule has 3 atom stereocenters. The van der Waals surface area contributed by atoms with E-state index in [1.807, 2.05) is 33.3 Å². The van der Waals surface area contributed by atoms with Crippen LogP contribution in [-0.2, 0) is 27.9 Å². The fourth-order valence-electron chi connectivity index (χ4n) is 8.12. The number of allylic oxidation sites excluding steroid dienone is 25. The van der Waals surface area contributed by atoms with Crippen molar-refractivity contribution in [2.45, 2.75) is 238 Å². The van der Waals surface area contributed by atoms with Crippen molar-refractivity contribution in [3.63, 3.8) is 0 Å². The number of hydrogen-bond acceptors (Lipinski definition) is 6. The maximum Gasteiger partial charge on any atom is 0.472 e. The Kier molecular flexibility index (Phi) is 55.6. The first-order valence-corrected chi connectivity index (χ1v) is 33.3. The topological polar surface area (TPSA) is 111 Å². The van der Waals surface area contributed by atoms with Gasteiger partial charge in [-0.1, -0.05) is 237 Å². The van der Waals surface area contributed by atoms with Crippen LogP contribution in [0.3, 0.4) is 0 Å². The first kappa shape index (κ1) is 76.6. The molecule has 0 aliphatic heterocycles. The van der Waals surface area contributed by atoms with Gasteiger partial charge in [-0.2, -0.15) is 0 Å². The molecule has 81 heavy (non-hydrogen) atoms. The summed E-state index contributed by atoms with van der Waals surface area (Å²) >= 11 is 0. The number of carbonyl (C=O) groups is 2. The Bertz CT molecular complexity index is 1940. The lowest BCUT2D eigenvalue weighted by molar-refractivity contribution is -0.870. The summed E-state index contributed by atoms with van der Waals surface area (Å²) in [5.74, 6) is -0.600. The maximum atomic E-state index is 13.5. The Labute approximate surface area is 497 Å². The highest BCUT2D eigenvalue weighted by molar-refractivity contribution is 7.47. The van der Waals surface area contributed by atoms with Crippen molar-refractivity contribution in [1.82, 2.24) is 5.32 Å². The van der Waals surface area contributed by atoms with Gasteiger partial charge in [0.2, 0.25) is 5.91 Å². The highest BCUT2D eigenvalue weighted by atomic mass is 31.2. The third-order valence-corrected chi connectivity index (χ3v) is 13.9. The Morgan fingerprint density at radius 3 is 1.20 bits per heavy atom. The van der Waals surface area contributed by atoms with Crippen LogP contribution in [0, 0.1) is 0 Å². The lowest BCUT2D eigenvalue weighted by atomic mass is 10.1. The summed E-state index contributed by atoms with van der Waals surface area (Å²) in [7, 11) is 1.42. The minimum atomic E-state index is -4.48. The fourth-order valence-corrected chi connectivity index (χ4v) is 8.86. The molecule has 0 aromatic carbocycles. The Morgan fingerprint density at radius 1 is 0.444 bits per heavy atom. The Morgan fingerprint density at radius 2 is 0.790 bits per heavy atom. The van der Waals surface area contributed by atoms with Crippen molar-refractivity contribution in [2.75, 3.05) is 40.9 Å². The number of phosphoric acid groups is 1. The predicted molar refractivity (Wildman–Crippen MR) is 350 cm³/mol. The van der Waals surface area contributed by atoms with Gasteiger partial charge in [0.05, 0.1) is 33.8 Å². The molecule has 0 heterocycles. The van der Waals surface area contributed by atoms with Crippen LogP contribution in [0.1, 0.15) is 226 Å². The van der Waals surface area contributed by atoms with E-state index >= 15 is 0 Å². The molecule has 2 N–H and O–H groups in total. The first-order valence-electron chi connectivity index (χ1n) is 31.8. The molecule has 1 amide bonds. The second kappa shape index (κ2) is 58.8. The quantitative estimate of drug-likeness (QED) is 0.0205. The summed E-state index contributed by atoms with van der Waals surface area (Å²) in [5.41, 5.74) is 0. The molecule has 0 spiro atoms. The maximum absolute atomic E-state index is 13.5. The molecule has 3 unspecified atom stereocenters. The average Bonchev–Trinajstić information content (AvgIpc) is 3.44. The van der Waals surface area contributed by atoms with Crippen molar-refractivity contribution in [3.05, 3.63) is 158 Å². The molecule has 0 fully saturated rings. The molecule has 458 valence electrons. The number of hydrogen-bond donors (Lipinski definition) is 2. The molecule has 0 aliphatic carbocycles. The van der Waals surface area contributed by atoms with Crippen LogP contribution in [0.4, 0.5) is 0 Å². The van der Waals surface area contributed by atoms with Gasteiger partial charge >= 0.3 is 13.8 Å². The molecule has 0 bridgehead atoms. The van der Waals surface area contributed by atoms with Gasteiger partial charge in [0.25, 0.3) is 0 Å². The highest BCUT2D eigenvalue weighted by Crippen LogP contribution is 2.43. The van der Waals surface area contributed by atoms with E-state index in [-0.39, 0.29) is 37.9 Å². The number of quaternary nitrogens is 1. The number of unbranched alkanes of at least 4 members (excludes halogenated alkanes) is 15. The smallest absolute Gasteiger partial charge is 0.456 e. The van der Waals surface area contributed by atoms with Crippen molar-refractivity contribution in [1.29, 1.82) is 0 Å². The van der Waals surface area contributed by atoms with Crippen LogP contribution in [0.25, 0.3) is 0 Å². The molecule has 0 saturated heterocycles. The molecule has 0 aromatic heterocycles. The monoisotopic (exact) mass is 1140 g/mol. The van der Waals surface area contributed by atoms with Gasteiger partial charge < -0.3 is 19.4 Å². The number of rotatable bonds is 55. The number of nitrogens with one attached hydrogen (secondary N) is 1. The Balaban J connectivity index is 5.34. The molecule has 0 radical (unpaired) electrons. The van der Waals surface area contributed by atoms with Crippen LogP contribution in [0.2, 0.25) is 0 Å². The molecule has 10 heteroatoms. The van der Waals surface area contributed by atoms with Gasteiger partial charge in [0.15, 0.2) is 0 Å². The second-order valence-corrected chi connectivity index (χ2v) is 23.3. The summed E-state index contributed by atoms with van der Waals surface area (Å²) in [6.07, 6.45) is 86.8. The summed E-state index contributed by atoms with van der Waals surface area (Å²) in [4.78, 5) is 37.7. The SMILES string of the molecule is CC/C=C\C/C=C\C/C=C\C/C=C\C/C=C\C/C=C\CCCCCCC(=O)OC(/C=C/CCCCCCCCCCC)C(COP(=O)(O)OCC[N+](C)(C)C)NC(=O)CCCC/C=C\C/C=C\C/C=C\C/C=C\C/C=C\C/C=C\CC. The van der Waals surface area contributed by atoms with Crippen LogP contribution in [-0.4, -0.2) is 74.3 Å². The summed E-state index contributed by atoms with van der Waals surface area (Å²) in [6, 6.07) is -0.895. The summed E-state index contributed by atoms with van der Waals surface area (Å²) < 4.78 is 30.6. The van der Waals surface area contributed by atoms with Crippen LogP contribution < -0.4 is 5.32 Å². The van der Waals surface area contributed by atoms with Crippen LogP contribution >= 0.6 is 7.82 Å². The molecule has 0 rings (SSSR count). The van der Waals surface area contributed by atoms with E-state index in [1.54, 1.807) is 0 Å². The molecular weight excluding hydrogens is 1020 g/mol. The van der Waals surface area contributed by atoms with Gasteiger partial charge in [-0.25, -0.2) is 4.57 Å². The number of esters is 1. The molecule has 0 saturated carbocycles. The lowest BCUT2D eigenvalue weighted by Gasteiger charge is -2.27. The molecular formula is C71H118N2O7P+. The van der Waals surface area contributed by atoms with Crippen molar-refractivity contribution in [2.24, 2.45) is 0 Å². The molecule has 0 aliphatic rings. The first-order chi connectivity index (χ1) is 39.4. The van der Waals surface area contributed by atoms with E-state index in [1.165, 1.54) is 44.9 Å². The minimum absolute atomic E-state index is 0.0174. The number of amides is 1. The van der Waals surface area contributed by atoms with Gasteiger partial charge in [-0.3, -0.25) is 18.6 Å². The normalized spacial score (nSPS) is 14.7. The van der Waals surface area contributed by atoms with Crippen LogP contribution in [0.5, 0.6) is 0 Å². The number of phosphoric ester groups is 1.